The minimum Gasteiger partial charge on any atom is -0.477 e. The van der Waals surface area contributed by atoms with Crippen molar-refractivity contribution in [1.82, 2.24) is 9.97 Å². The Morgan fingerprint density at radius 1 is 1.03 bits per heavy atom. The van der Waals surface area contributed by atoms with Crippen LogP contribution in [0.25, 0.3) is 0 Å². The zero-order valence-corrected chi connectivity index (χ0v) is 17.7. The van der Waals surface area contributed by atoms with Gasteiger partial charge in [-0.05, 0) is 48.0 Å². The summed E-state index contributed by atoms with van der Waals surface area (Å²) >= 11 is 0. The molecule has 0 fully saturated rings. The summed E-state index contributed by atoms with van der Waals surface area (Å²) in [5.74, 6) is 0.0486. The first-order chi connectivity index (χ1) is 15.4. The van der Waals surface area contributed by atoms with Crippen LogP contribution in [0.4, 0.5) is 4.39 Å². The van der Waals surface area contributed by atoms with Crippen LogP contribution in [0.5, 0.6) is 5.75 Å². The van der Waals surface area contributed by atoms with Gasteiger partial charge in [0.05, 0.1) is 6.61 Å². The van der Waals surface area contributed by atoms with E-state index in [1.807, 2.05) is 0 Å². The molecule has 0 aliphatic carbocycles. The lowest BCUT2D eigenvalue weighted by atomic mass is 9.93. The van der Waals surface area contributed by atoms with Crippen LogP contribution >= 0.6 is 0 Å². The van der Waals surface area contributed by atoms with Gasteiger partial charge in [0, 0.05) is 18.3 Å². The third-order valence-electron chi connectivity index (χ3n) is 4.66. The Morgan fingerprint density at radius 2 is 1.78 bits per heavy atom. The highest BCUT2D eigenvalue weighted by atomic mass is 32.2. The molecule has 9 nitrogen and oxygen atoms in total. The molecule has 4 rings (SSSR count). The molecule has 0 saturated heterocycles. The lowest BCUT2D eigenvalue weighted by Crippen LogP contribution is -2.30. The van der Waals surface area contributed by atoms with Crippen molar-refractivity contribution in [2.45, 2.75) is 24.0 Å². The molecule has 0 saturated carbocycles. The number of halogens is 1. The largest absolute Gasteiger partial charge is 0.477 e. The molecule has 3 aromatic rings. The first-order valence-electron chi connectivity index (χ1n) is 9.57. The molecule has 0 amide bonds. The highest BCUT2D eigenvalue weighted by molar-refractivity contribution is 7.86. The maximum Gasteiger partial charge on any atom is 0.375 e. The number of benzene rings is 2. The van der Waals surface area contributed by atoms with Crippen LogP contribution in [0.2, 0.25) is 0 Å². The summed E-state index contributed by atoms with van der Waals surface area (Å²) in [6.07, 6.45) is 1.61. The zero-order chi connectivity index (χ0) is 22.6. The standard InChI is InChI=1S/C21H18FN5O4S/c1-21(15-7-9-16(22)10-8-15)19(25-27-26-21)30-14-12-17-11-13-23-20(24-17)32(28,29)31-18-5-3-2-4-6-18/h2-11,13H,12,14H2,1H3. The van der Waals surface area contributed by atoms with Crippen molar-refractivity contribution >= 4 is 16.0 Å². The summed E-state index contributed by atoms with van der Waals surface area (Å²) in [7, 11) is -4.18. The average Bonchev–Trinajstić information content (AvgIpc) is 3.16. The SMILES string of the molecule is CC1(c2ccc(F)cc2)N=NN=C1OCCc1ccnc(S(=O)(=O)Oc2ccccc2)n1. The third kappa shape index (κ3) is 4.62. The summed E-state index contributed by atoms with van der Waals surface area (Å²) in [5, 5.41) is 11.3. The van der Waals surface area contributed by atoms with E-state index in [2.05, 4.69) is 25.4 Å². The molecular weight excluding hydrogens is 437 g/mol. The number of aromatic nitrogens is 2. The molecule has 1 aromatic heterocycles. The monoisotopic (exact) mass is 455 g/mol. The highest BCUT2D eigenvalue weighted by Gasteiger charge is 2.38. The zero-order valence-electron chi connectivity index (χ0n) is 16.9. The number of rotatable bonds is 7. The predicted octanol–water partition coefficient (Wildman–Crippen LogP) is 3.64. The molecule has 0 bridgehead atoms. The first kappa shape index (κ1) is 21.5. The second-order valence-corrected chi connectivity index (χ2v) is 8.39. The number of hydrogen-bond acceptors (Lipinski definition) is 9. The van der Waals surface area contributed by atoms with Gasteiger partial charge in [0.15, 0.2) is 5.54 Å². The smallest absolute Gasteiger partial charge is 0.375 e. The molecule has 1 unspecified atom stereocenters. The summed E-state index contributed by atoms with van der Waals surface area (Å²) in [6, 6.07) is 15.5. The van der Waals surface area contributed by atoms with Crippen LogP contribution in [-0.4, -0.2) is 30.9 Å². The molecular formula is C21H18FN5O4S. The molecule has 11 heteroatoms. The van der Waals surface area contributed by atoms with Crippen molar-refractivity contribution in [2.24, 2.45) is 15.4 Å². The van der Waals surface area contributed by atoms with Crippen molar-refractivity contribution in [3.8, 4) is 5.75 Å². The van der Waals surface area contributed by atoms with E-state index in [0.717, 1.165) is 0 Å². The van der Waals surface area contributed by atoms with Crippen molar-refractivity contribution in [1.29, 1.82) is 0 Å². The highest BCUT2D eigenvalue weighted by Crippen LogP contribution is 2.32. The van der Waals surface area contributed by atoms with Gasteiger partial charge in [0.1, 0.15) is 11.6 Å². The fourth-order valence-corrected chi connectivity index (χ4v) is 3.80. The van der Waals surface area contributed by atoms with Crippen LogP contribution in [0.1, 0.15) is 18.2 Å². The fraction of sp³-hybridized carbons (Fsp3) is 0.190. The van der Waals surface area contributed by atoms with Crippen LogP contribution in [-0.2, 0) is 26.8 Å². The fourth-order valence-electron chi connectivity index (χ4n) is 2.95. The molecule has 32 heavy (non-hydrogen) atoms. The van der Waals surface area contributed by atoms with E-state index < -0.39 is 20.8 Å². The molecule has 1 aliphatic rings. The van der Waals surface area contributed by atoms with Crippen molar-refractivity contribution in [3.63, 3.8) is 0 Å². The van der Waals surface area contributed by atoms with Gasteiger partial charge >= 0.3 is 10.1 Å². The Kier molecular flexibility index (Phi) is 5.91. The number of hydrogen-bond donors (Lipinski definition) is 0. The molecule has 0 N–H and O–H groups in total. The van der Waals surface area contributed by atoms with Gasteiger partial charge in [-0.1, -0.05) is 35.4 Å². The Bertz CT molecular complexity index is 1270. The van der Waals surface area contributed by atoms with Gasteiger partial charge in [-0.3, -0.25) is 0 Å². The quantitative estimate of drug-likeness (QED) is 0.397. The second-order valence-electron chi connectivity index (χ2n) is 6.95. The molecule has 1 atom stereocenters. The van der Waals surface area contributed by atoms with Gasteiger partial charge in [-0.15, -0.1) is 5.11 Å². The van der Waals surface area contributed by atoms with Gasteiger partial charge in [-0.2, -0.15) is 8.42 Å². The van der Waals surface area contributed by atoms with E-state index in [1.54, 1.807) is 43.3 Å². The number of ether oxygens (including phenoxy) is 1. The van der Waals surface area contributed by atoms with Crippen molar-refractivity contribution < 1.29 is 21.7 Å². The number of nitrogens with zero attached hydrogens (tertiary/aromatic N) is 5. The molecule has 0 radical (unpaired) electrons. The Labute approximate surface area is 183 Å². The van der Waals surface area contributed by atoms with Gasteiger partial charge in [-0.25, -0.2) is 14.4 Å². The Balaban J connectivity index is 1.41. The van der Waals surface area contributed by atoms with Crippen LogP contribution in [0.15, 0.2) is 87.5 Å². The van der Waals surface area contributed by atoms with E-state index in [4.69, 9.17) is 8.92 Å². The summed E-state index contributed by atoms with van der Waals surface area (Å²) in [5.41, 5.74) is 0.135. The van der Waals surface area contributed by atoms with Gasteiger partial charge in [0.25, 0.3) is 5.16 Å². The topological polar surface area (TPSA) is 115 Å². The van der Waals surface area contributed by atoms with E-state index in [-0.39, 0.29) is 30.5 Å². The molecule has 164 valence electrons. The molecule has 1 aliphatic heterocycles. The summed E-state index contributed by atoms with van der Waals surface area (Å²) in [4.78, 5) is 7.89. The summed E-state index contributed by atoms with van der Waals surface area (Å²) in [6.45, 7) is 1.89. The average molecular weight is 455 g/mol. The van der Waals surface area contributed by atoms with Gasteiger partial charge in [0.2, 0.25) is 5.90 Å². The predicted molar refractivity (Wildman–Crippen MR) is 112 cm³/mol. The Hall–Kier alpha value is -3.73. The normalized spacial score (nSPS) is 17.8. The third-order valence-corrected chi connectivity index (χ3v) is 5.72. The van der Waals surface area contributed by atoms with Gasteiger partial charge < -0.3 is 8.92 Å². The van der Waals surface area contributed by atoms with E-state index in [1.165, 1.54) is 30.5 Å². The van der Waals surface area contributed by atoms with Crippen LogP contribution < -0.4 is 4.18 Å². The summed E-state index contributed by atoms with van der Waals surface area (Å²) < 4.78 is 49.0. The van der Waals surface area contributed by atoms with Crippen LogP contribution in [0.3, 0.4) is 0 Å². The molecule has 2 heterocycles. The maximum absolute atomic E-state index is 13.2. The van der Waals surface area contributed by atoms with E-state index in [9.17, 15) is 12.8 Å². The minimum absolute atomic E-state index is 0.136. The molecule has 0 spiro atoms. The van der Waals surface area contributed by atoms with Crippen molar-refractivity contribution in [3.05, 3.63) is 83.9 Å². The second kappa shape index (κ2) is 8.79. The lowest BCUT2D eigenvalue weighted by molar-refractivity contribution is 0.281. The maximum atomic E-state index is 13.2. The minimum atomic E-state index is -4.18. The Morgan fingerprint density at radius 3 is 2.53 bits per heavy atom. The lowest BCUT2D eigenvalue weighted by Gasteiger charge is -2.21. The van der Waals surface area contributed by atoms with Crippen molar-refractivity contribution in [2.75, 3.05) is 6.61 Å². The first-order valence-corrected chi connectivity index (χ1v) is 11.0. The van der Waals surface area contributed by atoms with Crippen LogP contribution in [0, 0.1) is 5.82 Å². The van der Waals surface area contributed by atoms with E-state index >= 15 is 0 Å². The van der Waals surface area contributed by atoms with E-state index in [0.29, 0.717) is 11.3 Å². The number of para-hydroxylation sites is 1. The molecule has 2 aromatic carbocycles.